The Bertz CT molecular complexity index is 525. The summed E-state index contributed by atoms with van der Waals surface area (Å²) in [5.41, 5.74) is 8.68. The van der Waals surface area contributed by atoms with Gasteiger partial charge in [0, 0.05) is 12.6 Å². The maximum Gasteiger partial charge on any atom is 0.174 e. The second-order valence-electron chi connectivity index (χ2n) is 5.44. The molecule has 1 heterocycles. The Morgan fingerprint density at radius 3 is 2.48 bits per heavy atom. The lowest BCUT2D eigenvalue weighted by Crippen LogP contribution is -2.32. The highest BCUT2D eigenvalue weighted by Crippen LogP contribution is 2.34. The van der Waals surface area contributed by atoms with Crippen LogP contribution >= 0.6 is 0 Å². The normalized spacial score (nSPS) is 15.3. The van der Waals surface area contributed by atoms with E-state index in [0.29, 0.717) is 6.04 Å². The summed E-state index contributed by atoms with van der Waals surface area (Å²) in [7, 11) is 0. The first-order valence-electron chi connectivity index (χ1n) is 7.80. The van der Waals surface area contributed by atoms with Gasteiger partial charge in [0.05, 0.1) is 11.3 Å². The SMILES string of the molecule is CCCN(c1nnc(CC)c(CC)c1C(N)=NO)C1CC1. The lowest BCUT2D eigenvalue weighted by Gasteiger charge is -2.26. The minimum Gasteiger partial charge on any atom is -0.409 e. The van der Waals surface area contributed by atoms with Crippen molar-refractivity contribution in [2.75, 3.05) is 11.4 Å². The average Bonchev–Trinajstić information content (AvgIpc) is 3.35. The predicted octanol–water partition coefficient (Wildman–Crippen LogP) is 2.07. The Morgan fingerprint density at radius 2 is 2.00 bits per heavy atom. The van der Waals surface area contributed by atoms with Crippen molar-refractivity contribution in [3.63, 3.8) is 0 Å². The molecule has 0 bridgehead atoms. The third-order valence-corrected chi connectivity index (χ3v) is 3.92. The van der Waals surface area contributed by atoms with E-state index in [1.807, 2.05) is 6.92 Å². The summed E-state index contributed by atoms with van der Waals surface area (Å²) < 4.78 is 0. The van der Waals surface area contributed by atoms with Crippen LogP contribution in [0.25, 0.3) is 0 Å². The standard InChI is InChI=1S/C15H25N5O/c1-4-9-20(10-7-8-10)15-13(14(16)19-21)11(5-2)12(6-3)17-18-15/h10,21H,4-9H2,1-3H3,(H2,16,19). The van der Waals surface area contributed by atoms with Crippen LogP contribution in [0.1, 0.15) is 56.9 Å². The number of aromatic nitrogens is 2. The number of nitrogens with zero attached hydrogens (tertiary/aromatic N) is 4. The van der Waals surface area contributed by atoms with Crippen molar-refractivity contribution in [1.82, 2.24) is 10.2 Å². The Kier molecular flexibility index (Phi) is 4.98. The molecule has 0 aliphatic heterocycles. The molecule has 1 aromatic heterocycles. The molecule has 6 nitrogen and oxygen atoms in total. The van der Waals surface area contributed by atoms with Crippen LogP contribution in [-0.4, -0.2) is 33.8 Å². The van der Waals surface area contributed by atoms with Crippen molar-refractivity contribution in [3.8, 4) is 0 Å². The molecule has 2 rings (SSSR count). The highest BCUT2D eigenvalue weighted by atomic mass is 16.4. The molecule has 1 aliphatic carbocycles. The topological polar surface area (TPSA) is 87.6 Å². The summed E-state index contributed by atoms with van der Waals surface area (Å²) in [6.07, 6.45) is 4.97. The largest absolute Gasteiger partial charge is 0.409 e. The highest BCUT2D eigenvalue weighted by molar-refractivity contribution is 6.03. The Balaban J connectivity index is 2.58. The number of rotatable bonds is 7. The van der Waals surface area contributed by atoms with Gasteiger partial charge in [0.2, 0.25) is 0 Å². The number of oxime groups is 1. The minimum atomic E-state index is 0.133. The van der Waals surface area contributed by atoms with E-state index in [-0.39, 0.29) is 5.84 Å². The van der Waals surface area contributed by atoms with E-state index < -0.39 is 0 Å². The van der Waals surface area contributed by atoms with E-state index in [0.717, 1.165) is 48.4 Å². The van der Waals surface area contributed by atoms with Gasteiger partial charge in [-0.2, -0.15) is 5.10 Å². The van der Waals surface area contributed by atoms with E-state index in [2.05, 4.69) is 34.1 Å². The van der Waals surface area contributed by atoms with Crippen LogP contribution in [0, 0.1) is 0 Å². The molecule has 3 N–H and O–H groups in total. The molecule has 0 atom stereocenters. The van der Waals surface area contributed by atoms with Gasteiger partial charge in [0.15, 0.2) is 11.7 Å². The Hall–Kier alpha value is -1.85. The molecular weight excluding hydrogens is 266 g/mol. The number of hydrogen-bond donors (Lipinski definition) is 2. The smallest absolute Gasteiger partial charge is 0.174 e. The summed E-state index contributed by atoms with van der Waals surface area (Å²) >= 11 is 0. The number of aryl methyl sites for hydroxylation is 1. The van der Waals surface area contributed by atoms with Gasteiger partial charge in [0.1, 0.15) is 0 Å². The zero-order valence-corrected chi connectivity index (χ0v) is 13.1. The molecule has 6 heteroatoms. The monoisotopic (exact) mass is 291 g/mol. The quantitative estimate of drug-likeness (QED) is 0.347. The van der Waals surface area contributed by atoms with Crippen LogP contribution in [0.3, 0.4) is 0 Å². The molecule has 0 saturated heterocycles. The third-order valence-electron chi connectivity index (χ3n) is 3.92. The highest BCUT2D eigenvalue weighted by Gasteiger charge is 2.33. The van der Waals surface area contributed by atoms with E-state index in [1.165, 1.54) is 12.8 Å². The molecule has 0 amide bonds. The van der Waals surface area contributed by atoms with Crippen molar-refractivity contribution in [2.45, 2.75) is 58.9 Å². The van der Waals surface area contributed by atoms with Gasteiger partial charge in [-0.05, 0) is 37.7 Å². The van der Waals surface area contributed by atoms with Crippen molar-refractivity contribution in [1.29, 1.82) is 0 Å². The first kappa shape index (κ1) is 15.5. The third kappa shape index (κ3) is 3.09. The van der Waals surface area contributed by atoms with E-state index in [1.54, 1.807) is 0 Å². The fourth-order valence-corrected chi connectivity index (χ4v) is 2.77. The van der Waals surface area contributed by atoms with Crippen molar-refractivity contribution >= 4 is 11.7 Å². The van der Waals surface area contributed by atoms with Gasteiger partial charge in [-0.3, -0.25) is 0 Å². The van der Waals surface area contributed by atoms with Crippen LogP contribution in [0.2, 0.25) is 0 Å². The van der Waals surface area contributed by atoms with Gasteiger partial charge < -0.3 is 15.8 Å². The van der Waals surface area contributed by atoms with Crippen LogP contribution in [0.15, 0.2) is 5.16 Å². The second-order valence-corrected chi connectivity index (χ2v) is 5.44. The molecule has 116 valence electrons. The first-order chi connectivity index (χ1) is 10.2. The molecule has 1 fully saturated rings. The number of hydrogen-bond acceptors (Lipinski definition) is 5. The maximum absolute atomic E-state index is 9.16. The maximum atomic E-state index is 9.16. The zero-order chi connectivity index (χ0) is 15.4. The van der Waals surface area contributed by atoms with Gasteiger partial charge in [-0.1, -0.05) is 25.9 Å². The second kappa shape index (κ2) is 6.74. The molecule has 21 heavy (non-hydrogen) atoms. The van der Waals surface area contributed by atoms with Crippen molar-refractivity contribution < 1.29 is 5.21 Å². The van der Waals surface area contributed by atoms with Crippen LogP contribution in [-0.2, 0) is 12.8 Å². The molecule has 0 unspecified atom stereocenters. The van der Waals surface area contributed by atoms with Crippen molar-refractivity contribution in [2.24, 2.45) is 10.9 Å². The summed E-state index contributed by atoms with van der Waals surface area (Å²) in [4.78, 5) is 2.26. The average molecular weight is 291 g/mol. The van der Waals surface area contributed by atoms with Gasteiger partial charge in [0.25, 0.3) is 0 Å². The summed E-state index contributed by atoms with van der Waals surface area (Å²) in [6, 6.07) is 0.515. The van der Waals surface area contributed by atoms with Gasteiger partial charge >= 0.3 is 0 Å². The lowest BCUT2D eigenvalue weighted by atomic mass is 10.0. The van der Waals surface area contributed by atoms with Crippen LogP contribution in [0.5, 0.6) is 0 Å². The summed E-state index contributed by atoms with van der Waals surface area (Å²) in [6.45, 7) is 7.17. The predicted molar refractivity (Wildman–Crippen MR) is 84.0 cm³/mol. The number of amidine groups is 1. The Labute approximate surface area is 126 Å². The van der Waals surface area contributed by atoms with Gasteiger partial charge in [-0.25, -0.2) is 0 Å². The molecule has 1 saturated carbocycles. The fraction of sp³-hybridized carbons (Fsp3) is 0.667. The van der Waals surface area contributed by atoms with Crippen molar-refractivity contribution in [3.05, 3.63) is 16.8 Å². The Morgan fingerprint density at radius 1 is 1.29 bits per heavy atom. The first-order valence-corrected chi connectivity index (χ1v) is 7.80. The molecule has 1 aromatic rings. The number of anilines is 1. The minimum absolute atomic E-state index is 0.133. The molecule has 0 spiro atoms. The summed E-state index contributed by atoms with van der Waals surface area (Å²) in [5.74, 6) is 0.900. The summed E-state index contributed by atoms with van der Waals surface area (Å²) in [5, 5.41) is 21.2. The van der Waals surface area contributed by atoms with E-state index in [9.17, 15) is 0 Å². The van der Waals surface area contributed by atoms with Gasteiger partial charge in [-0.15, -0.1) is 5.10 Å². The molecule has 1 aliphatic rings. The molecular formula is C15H25N5O. The fourth-order valence-electron chi connectivity index (χ4n) is 2.77. The molecule has 0 radical (unpaired) electrons. The molecule has 0 aromatic carbocycles. The lowest BCUT2D eigenvalue weighted by molar-refractivity contribution is 0.318. The number of nitrogens with two attached hydrogens (primary N) is 1. The van der Waals surface area contributed by atoms with Crippen LogP contribution < -0.4 is 10.6 Å². The van der Waals surface area contributed by atoms with E-state index >= 15 is 0 Å². The zero-order valence-electron chi connectivity index (χ0n) is 13.1. The van der Waals surface area contributed by atoms with Crippen LogP contribution in [0.4, 0.5) is 5.82 Å². The van der Waals surface area contributed by atoms with E-state index in [4.69, 9.17) is 10.9 Å².